The highest BCUT2D eigenvalue weighted by atomic mass is 35.5. The average molecular weight is 322 g/mol. The number of anilines is 1. The minimum absolute atomic E-state index is 0. The Hall–Kier alpha value is -1.92. The van der Waals surface area contributed by atoms with E-state index in [0.29, 0.717) is 5.69 Å². The van der Waals surface area contributed by atoms with Crippen LogP contribution in [0.4, 0.5) is 5.69 Å². The number of rotatable bonds is 3. The lowest BCUT2D eigenvalue weighted by atomic mass is 10.2. The summed E-state index contributed by atoms with van der Waals surface area (Å²) in [6.45, 7) is 4.85. The number of aromatic nitrogens is 3. The molecule has 2 N–H and O–H groups in total. The quantitative estimate of drug-likeness (QED) is 0.907. The summed E-state index contributed by atoms with van der Waals surface area (Å²) in [5.41, 5.74) is 2.70. The van der Waals surface area contributed by atoms with Crippen LogP contribution in [0, 0.1) is 13.8 Å². The first-order chi connectivity index (χ1) is 10.1. The molecule has 7 heteroatoms. The van der Waals surface area contributed by atoms with Crippen LogP contribution in [0.3, 0.4) is 0 Å². The van der Waals surface area contributed by atoms with Gasteiger partial charge in [0.15, 0.2) is 5.82 Å². The number of nitrogens with zero attached hydrogens (tertiary/aromatic N) is 3. The fourth-order valence-corrected chi connectivity index (χ4v) is 2.58. The standard InChI is InChI=1S/C15H19N5O.ClH/c1-10-8-11(2)20(19-10)14-6-5-12(9-17-14)18-15(21)13-4-3-7-16-13;/h5-6,8-9,13,16H,3-4,7H2,1-2H3,(H,18,21);1H. The predicted molar refractivity (Wildman–Crippen MR) is 87.7 cm³/mol. The zero-order valence-corrected chi connectivity index (χ0v) is 13.5. The van der Waals surface area contributed by atoms with Crippen LogP contribution in [0.25, 0.3) is 5.82 Å². The van der Waals surface area contributed by atoms with Crippen molar-refractivity contribution in [2.24, 2.45) is 0 Å². The van der Waals surface area contributed by atoms with Gasteiger partial charge in [0.1, 0.15) is 0 Å². The minimum Gasteiger partial charge on any atom is -0.323 e. The lowest BCUT2D eigenvalue weighted by Gasteiger charge is -2.11. The maximum absolute atomic E-state index is 12.0. The van der Waals surface area contributed by atoms with Gasteiger partial charge in [0.05, 0.1) is 23.6 Å². The van der Waals surface area contributed by atoms with E-state index in [2.05, 4.69) is 20.7 Å². The molecule has 3 heterocycles. The molecule has 0 bridgehead atoms. The molecule has 0 aliphatic carbocycles. The van der Waals surface area contributed by atoms with Gasteiger partial charge >= 0.3 is 0 Å². The van der Waals surface area contributed by atoms with Gasteiger partial charge in [-0.05, 0) is 51.4 Å². The Kier molecular flexibility index (Phi) is 5.15. The van der Waals surface area contributed by atoms with Crippen molar-refractivity contribution in [1.82, 2.24) is 20.1 Å². The topological polar surface area (TPSA) is 71.8 Å². The molecule has 1 aliphatic heterocycles. The van der Waals surface area contributed by atoms with E-state index in [9.17, 15) is 4.79 Å². The Morgan fingerprint density at radius 2 is 2.23 bits per heavy atom. The van der Waals surface area contributed by atoms with Crippen LogP contribution in [0.5, 0.6) is 0 Å². The number of halogens is 1. The summed E-state index contributed by atoms with van der Waals surface area (Å²) in [4.78, 5) is 16.4. The van der Waals surface area contributed by atoms with Crippen LogP contribution in [-0.4, -0.2) is 33.3 Å². The fraction of sp³-hybridized carbons (Fsp3) is 0.400. The summed E-state index contributed by atoms with van der Waals surface area (Å²) >= 11 is 0. The molecule has 2 aromatic rings. The maximum Gasteiger partial charge on any atom is 0.241 e. The predicted octanol–water partition coefficient (Wildman–Crippen LogP) is 2.00. The van der Waals surface area contributed by atoms with Crippen molar-refractivity contribution in [3.05, 3.63) is 35.8 Å². The van der Waals surface area contributed by atoms with E-state index < -0.39 is 0 Å². The van der Waals surface area contributed by atoms with Crippen LogP contribution >= 0.6 is 12.4 Å². The molecule has 22 heavy (non-hydrogen) atoms. The molecule has 3 rings (SSSR count). The molecule has 0 spiro atoms. The van der Waals surface area contributed by atoms with Gasteiger partial charge in [-0.3, -0.25) is 4.79 Å². The zero-order valence-electron chi connectivity index (χ0n) is 12.7. The third kappa shape index (κ3) is 3.45. The van der Waals surface area contributed by atoms with E-state index >= 15 is 0 Å². The zero-order chi connectivity index (χ0) is 14.8. The number of nitrogens with one attached hydrogen (secondary N) is 2. The third-order valence-corrected chi connectivity index (χ3v) is 3.62. The third-order valence-electron chi connectivity index (χ3n) is 3.62. The number of carbonyl (C=O) groups is 1. The molecule has 6 nitrogen and oxygen atoms in total. The smallest absolute Gasteiger partial charge is 0.241 e. The van der Waals surface area contributed by atoms with Gasteiger partial charge in [0.2, 0.25) is 5.91 Å². The van der Waals surface area contributed by atoms with Crippen molar-refractivity contribution < 1.29 is 4.79 Å². The summed E-state index contributed by atoms with van der Waals surface area (Å²) in [6, 6.07) is 5.63. The van der Waals surface area contributed by atoms with E-state index in [1.807, 2.05) is 32.0 Å². The van der Waals surface area contributed by atoms with Gasteiger partial charge in [-0.15, -0.1) is 12.4 Å². The maximum atomic E-state index is 12.0. The second-order valence-corrected chi connectivity index (χ2v) is 5.38. The fourth-order valence-electron chi connectivity index (χ4n) is 2.58. The van der Waals surface area contributed by atoms with Gasteiger partial charge in [0.25, 0.3) is 0 Å². The van der Waals surface area contributed by atoms with Gasteiger partial charge in [-0.25, -0.2) is 9.67 Å². The van der Waals surface area contributed by atoms with Crippen LogP contribution in [0.15, 0.2) is 24.4 Å². The van der Waals surface area contributed by atoms with Gasteiger partial charge in [0, 0.05) is 5.69 Å². The van der Waals surface area contributed by atoms with Crippen molar-refractivity contribution in [3.63, 3.8) is 0 Å². The first-order valence-corrected chi connectivity index (χ1v) is 7.17. The highest BCUT2D eigenvalue weighted by Crippen LogP contribution is 2.14. The van der Waals surface area contributed by atoms with Crippen LogP contribution < -0.4 is 10.6 Å². The Morgan fingerprint density at radius 1 is 1.41 bits per heavy atom. The largest absolute Gasteiger partial charge is 0.323 e. The highest BCUT2D eigenvalue weighted by molar-refractivity contribution is 5.94. The molecule has 0 aromatic carbocycles. The number of amides is 1. The van der Waals surface area contributed by atoms with Crippen LogP contribution in [0.1, 0.15) is 24.2 Å². The lowest BCUT2D eigenvalue weighted by Crippen LogP contribution is -2.35. The van der Waals surface area contributed by atoms with E-state index in [4.69, 9.17) is 0 Å². The number of carbonyl (C=O) groups excluding carboxylic acids is 1. The highest BCUT2D eigenvalue weighted by Gasteiger charge is 2.21. The summed E-state index contributed by atoms with van der Waals surface area (Å²) in [5, 5.41) is 10.5. The van der Waals surface area contributed by atoms with Crippen molar-refractivity contribution in [2.45, 2.75) is 32.7 Å². The molecule has 118 valence electrons. The van der Waals surface area contributed by atoms with E-state index in [1.54, 1.807) is 10.9 Å². The van der Waals surface area contributed by atoms with Crippen molar-refractivity contribution >= 4 is 24.0 Å². The molecular formula is C15H20ClN5O. The average Bonchev–Trinajstić information content (AvgIpc) is 3.09. The summed E-state index contributed by atoms with van der Waals surface area (Å²) in [6.07, 6.45) is 3.61. The minimum atomic E-state index is -0.0827. The molecular weight excluding hydrogens is 302 g/mol. The van der Waals surface area contributed by atoms with Crippen LogP contribution in [-0.2, 0) is 4.79 Å². The van der Waals surface area contributed by atoms with Gasteiger partial charge in [-0.2, -0.15) is 5.10 Å². The molecule has 1 fully saturated rings. The van der Waals surface area contributed by atoms with E-state index in [0.717, 1.165) is 36.6 Å². The molecule has 1 saturated heterocycles. The number of hydrogen-bond donors (Lipinski definition) is 2. The molecule has 0 saturated carbocycles. The summed E-state index contributed by atoms with van der Waals surface area (Å²) in [7, 11) is 0. The first-order valence-electron chi connectivity index (χ1n) is 7.17. The number of aryl methyl sites for hydroxylation is 2. The number of pyridine rings is 1. The molecule has 2 aromatic heterocycles. The lowest BCUT2D eigenvalue weighted by molar-refractivity contribution is -0.117. The van der Waals surface area contributed by atoms with Crippen molar-refractivity contribution in [3.8, 4) is 5.82 Å². The summed E-state index contributed by atoms with van der Waals surface area (Å²) < 4.78 is 1.79. The molecule has 1 atom stereocenters. The van der Waals surface area contributed by atoms with Crippen molar-refractivity contribution in [2.75, 3.05) is 11.9 Å². The molecule has 1 unspecified atom stereocenters. The SMILES string of the molecule is Cc1cc(C)n(-c2ccc(NC(=O)C3CCCN3)cn2)n1.Cl. The Morgan fingerprint density at radius 3 is 2.77 bits per heavy atom. The Balaban J connectivity index is 0.00000176. The second kappa shape index (κ2) is 6.89. The number of hydrogen-bond acceptors (Lipinski definition) is 4. The Labute approximate surface area is 135 Å². The second-order valence-electron chi connectivity index (χ2n) is 5.38. The van der Waals surface area contributed by atoms with Gasteiger partial charge < -0.3 is 10.6 Å². The van der Waals surface area contributed by atoms with Crippen molar-refractivity contribution in [1.29, 1.82) is 0 Å². The molecule has 1 amide bonds. The van der Waals surface area contributed by atoms with Gasteiger partial charge in [-0.1, -0.05) is 0 Å². The van der Waals surface area contributed by atoms with E-state index in [1.165, 1.54) is 0 Å². The Bertz CT molecular complexity index is 646. The monoisotopic (exact) mass is 321 g/mol. The summed E-state index contributed by atoms with van der Waals surface area (Å²) in [5.74, 6) is 0.755. The first kappa shape index (κ1) is 16.5. The van der Waals surface area contributed by atoms with Crippen LogP contribution in [0.2, 0.25) is 0 Å². The van der Waals surface area contributed by atoms with E-state index in [-0.39, 0.29) is 24.4 Å². The molecule has 1 aliphatic rings. The molecule has 0 radical (unpaired) electrons. The normalized spacial score (nSPS) is 17.1.